The second-order valence-electron chi connectivity index (χ2n) is 5.73. The van der Waals surface area contributed by atoms with Crippen LogP contribution in [-0.2, 0) is 23.9 Å². The Kier molecular flexibility index (Phi) is 6.14. The molecule has 1 rings (SSSR count). The van der Waals surface area contributed by atoms with Gasteiger partial charge in [-0.15, -0.1) is 0 Å². The van der Waals surface area contributed by atoms with Gasteiger partial charge in [-0.05, 0) is 12.3 Å². The number of esters is 1. The standard InChI is InChI=1S/C14H23NO6/c1-7(2)5-10(15-8(3)16)12-9(14(19)20-4)6-11(21-12)13(17)18/h7,9-12H,5-6H2,1-4H3,(H,15,16)(H,17,18). The van der Waals surface area contributed by atoms with Crippen molar-refractivity contribution < 1.29 is 29.0 Å². The molecular weight excluding hydrogens is 278 g/mol. The molecule has 1 saturated heterocycles. The van der Waals surface area contributed by atoms with E-state index in [1.165, 1.54) is 14.0 Å². The van der Waals surface area contributed by atoms with E-state index in [1.54, 1.807) is 0 Å². The zero-order valence-corrected chi connectivity index (χ0v) is 12.8. The molecule has 7 heteroatoms. The number of carboxylic acids is 1. The fourth-order valence-electron chi connectivity index (χ4n) is 2.66. The van der Waals surface area contributed by atoms with Crippen LogP contribution in [0.25, 0.3) is 0 Å². The van der Waals surface area contributed by atoms with E-state index in [9.17, 15) is 14.4 Å². The lowest BCUT2D eigenvalue weighted by atomic mass is 9.89. The Labute approximate surface area is 124 Å². The Morgan fingerprint density at radius 1 is 1.38 bits per heavy atom. The predicted molar refractivity (Wildman–Crippen MR) is 73.5 cm³/mol. The molecule has 4 unspecified atom stereocenters. The number of hydrogen-bond donors (Lipinski definition) is 2. The van der Waals surface area contributed by atoms with E-state index in [1.807, 2.05) is 13.8 Å². The van der Waals surface area contributed by atoms with Crippen LogP contribution in [0.2, 0.25) is 0 Å². The zero-order valence-electron chi connectivity index (χ0n) is 12.8. The molecule has 1 amide bonds. The highest BCUT2D eigenvalue weighted by Gasteiger charge is 2.47. The van der Waals surface area contributed by atoms with Crippen LogP contribution in [0.1, 0.15) is 33.6 Å². The summed E-state index contributed by atoms with van der Waals surface area (Å²) in [7, 11) is 1.25. The molecule has 0 saturated carbocycles. The van der Waals surface area contributed by atoms with E-state index in [0.717, 1.165) is 0 Å². The van der Waals surface area contributed by atoms with E-state index >= 15 is 0 Å². The number of carbonyl (C=O) groups excluding carboxylic acids is 2. The number of nitrogens with one attached hydrogen (secondary N) is 1. The van der Waals surface area contributed by atoms with Gasteiger partial charge in [0.1, 0.15) is 0 Å². The average Bonchev–Trinajstić information content (AvgIpc) is 2.81. The second-order valence-corrected chi connectivity index (χ2v) is 5.73. The number of amides is 1. The summed E-state index contributed by atoms with van der Waals surface area (Å²) < 4.78 is 10.2. The molecule has 0 bridgehead atoms. The lowest BCUT2D eigenvalue weighted by Gasteiger charge is -2.28. The van der Waals surface area contributed by atoms with Gasteiger partial charge in [0.05, 0.1) is 25.2 Å². The molecule has 0 spiro atoms. The highest BCUT2D eigenvalue weighted by atomic mass is 16.5. The summed E-state index contributed by atoms with van der Waals surface area (Å²) in [4.78, 5) is 34.3. The second kappa shape index (κ2) is 7.40. The Morgan fingerprint density at radius 3 is 2.43 bits per heavy atom. The van der Waals surface area contributed by atoms with Crippen molar-refractivity contribution in [1.29, 1.82) is 0 Å². The molecular formula is C14H23NO6. The maximum atomic E-state index is 11.9. The number of aliphatic carboxylic acids is 1. The summed E-state index contributed by atoms with van der Waals surface area (Å²) in [5, 5.41) is 11.8. The van der Waals surface area contributed by atoms with Crippen molar-refractivity contribution in [3.05, 3.63) is 0 Å². The van der Waals surface area contributed by atoms with Gasteiger partial charge in [-0.3, -0.25) is 9.59 Å². The zero-order chi connectivity index (χ0) is 16.2. The predicted octanol–water partition coefficient (Wildman–Crippen LogP) is 0.569. The van der Waals surface area contributed by atoms with Gasteiger partial charge in [0.2, 0.25) is 5.91 Å². The Balaban J connectivity index is 2.96. The maximum Gasteiger partial charge on any atom is 0.332 e. The summed E-state index contributed by atoms with van der Waals surface area (Å²) in [5.41, 5.74) is 0. The van der Waals surface area contributed by atoms with Gasteiger partial charge in [0.25, 0.3) is 0 Å². The molecule has 1 fully saturated rings. The number of carbonyl (C=O) groups is 3. The molecule has 1 aliphatic rings. The van der Waals surface area contributed by atoms with Gasteiger partial charge in [-0.2, -0.15) is 0 Å². The third kappa shape index (κ3) is 4.70. The number of hydrogen-bond acceptors (Lipinski definition) is 5. The van der Waals surface area contributed by atoms with Crippen molar-refractivity contribution in [1.82, 2.24) is 5.32 Å². The summed E-state index contributed by atoms with van der Waals surface area (Å²) in [6, 6.07) is -0.420. The van der Waals surface area contributed by atoms with Crippen molar-refractivity contribution in [2.75, 3.05) is 7.11 Å². The first-order valence-corrected chi connectivity index (χ1v) is 6.99. The van der Waals surface area contributed by atoms with Crippen molar-refractivity contribution >= 4 is 17.8 Å². The summed E-state index contributed by atoms with van der Waals surface area (Å²) in [5.74, 6) is -2.30. The highest BCUT2D eigenvalue weighted by molar-refractivity contribution is 5.78. The average molecular weight is 301 g/mol. The van der Waals surface area contributed by atoms with Crippen LogP contribution in [0.4, 0.5) is 0 Å². The smallest absolute Gasteiger partial charge is 0.332 e. The fraction of sp³-hybridized carbons (Fsp3) is 0.786. The molecule has 4 atom stereocenters. The Hall–Kier alpha value is -1.63. The molecule has 0 aromatic heterocycles. The first kappa shape index (κ1) is 17.4. The van der Waals surface area contributed by atoms with E-state index in [2.05, 4.69) is 5.32 Å². The molecule has 21 heavy (non-hydrogen) atoms. The van der Waals surface area contributed by atoms with Crippen LogP contribution < -0.4 is 5.32 Å². The largest absolute Gasteiger partial charge is 0.479 e. The lowest BCUT2D eigenvalue weighted by Crippen LogP contribution is -2.47. The number of rotatable bonds is 6. The minimum absolute atomic E-state index is 0.0564. The summed E-state index contributed by atoms with van der Waals surface area (Å²) >= 11 is 0. The van der Waals surface area contributed by atoms with Crippen LogP contribution in [0, 0.1) is 11.8 Å². The first-order chi connectivity index (χ1) is 9.76. The van der Waals surface area contributed by atoms with Crippen molar-refractivity contribution in [2.24, 2.45) is 11.8 Å². The Morgan fingerprint density at radius 2 is 2.00 bits per heavy atom. The highest BCUT2D eigenvalue weighted by Crippen LogP contribution is 2.32. The molecule has 0 aromatic rings. The fourth-order valence-corrected chi connectivity index (χ4v) is 2.66. The Bertz CT molecular complexity index is 408. The SMILES string of the molecule is COC(=O)C1CC(C(=O)O)OC1C(CC(C)C)NC(C)=O. The molecule has 7 nitrogen and oxygen atoms in total. The van der Waals surface area contributed by atoms with Crippen molar-refractivity contribution in [2.45, 2.75) is 51.9 Å². The van der Waals surface area contributed by atoms with Crippen LogP contribution in [0.5, 0.6) is 0 Å². The lowest BCUT2D eigenvalue weighted by molar-refractivity contribution is -0.153. The third-order valence-corrected chi connectivity index (χ3v) is 3.48. The van der Waals surface area contributed by atoms with Crippen LogP contribution in [0.15, 0.2) is 0 Å². The number of carboxylic acid groups (broad SMARTS) is 1. The van der Waals surface area contributed by atoms with Crippen LogP contribution >= 0.6 is 0 Å². The molecule has 0 aliphatic carbocycles. The quantitative estimate of drug-likeness (QED) is 0.695. The summed E-state index contributed by atoms with van der Waals surface area (Å²) in [6.45, 7) is 5.33. The van der Waals surface area contributed by atoms with Gasteiger partial charge in [-0.1, -0.05) is 13.8 Å². The first-order valence-electron chi connectivity index (χ1n) is 6.99. The van der Waals surface area contributed by atoms with Crippen molar-refractivity contribution in [3.63, 3.8) is 0 Å². The van der Waals surface area contributed by atoms with E-state index < -0.39 is 36.1 Å². The van der Waals surface area contributed by atoms with Crippen LogP contribution in [0.3, 0.4) is 0 Å². The van der Waals surface area contributed by atoms with Gasteiger partial charge in [-0.25, -0.2) is 4.79 Å². The minimum Gasteiger partial charge on any atom is -0.479 e. The molecule has 1 aliphatic heterocycles. The van der Waals surface area contributed by atoms with Crippen LogP contribution in [-0.4, -0.2) is 48.3 Å². The normalized spacial score (nSPS) is 26.4. The van der Waals surface area contributed by atoms with Gasteiger partial charge >= 0.3 is 11.9 Å². The molecule has 120 valence electrons. The van der Waals surface area contributed by atoms with Gasteiger partial charge in [0, 0.05) is 13.3 Å². The summed E-state index contributed by atoms with van der Waals surface area (Å²) in [6.07, 6.45) is -1.10. The molecule has 2 N–H and O–H groups in total. The monoisotopic (exact) mass is 301 g/mol. The van der Waals surface area contributed by atoms with Crippen molar-refractivity contribution in [3.8, 4) is 0 Å². The molecule has 0 aromatic carbocycles. The molecule has 0 radical (unpaired) electrons. The minimum atomic E-state index is -1.11. The third-order valence-electron chi connectivity index (χ3n) is 3.48. The maximum absolute atomic E-state index is 11.9. The number of ether oxygens (including phenoxy) is 2. The molecule has 1 heterocycles. The van der Waals surface area contributed by atoms with E-state index in [4.69, 9.17) is 14.6 Å². The number of methoxy groups -OCH3 is 1. The van der Waals surface area contributed by atoms with Gasteiger partial charge < -0.3 is 19.9 Å². The van der Waals surface area contributed by atoms with E-state index in [-0.39, 0.29) is 18.2 Å². The van der Waals surface area contributed by atoms with Gasteiger partial charge in [0.15, 0.2) is 6.10 Å². The van der Waals surface area contributed by atoms with E-state index in [0.29, 0.717) is 6.42 Å². The topological polar surface area (TPSA) is 102 Å².